The molecule has 0 bridgehead atoms. The first-order valence-electron chi connectivity index (χ1n) is 4.30. The van der Waals surface area contributed by atoms with Crippen LogP contribution in [0.15, 0.2) is 28.9 Å². The summed E-state index contributed by atoms with van der Waals surface area (Å²) in [4.78, 5) is 3.40. The minimum Gasteiger partial charge on any atom is -0.293 e. The zero-order valence-corrected chi connectivity index (χ0v) is 9.37. The lowest BCUT2D eigenvalue weighted by atomic mass is 10.2. The van der Waals surface area contributed by atoms with Crippen molar-refractivity contribution in [2.75, 3.05) is 0 Å². The molecule has 0 aliphatic carbocycles. The van der Waals surface area contributed by atoms with Crippen LogP contribution in [0.5, 0.6) is 0 Å². The van der Waals surface area contributed by atoms with E-state index in [1.807, 2.05) is 22.9 Å². The van der Waals surface area contributed by atoms with Gasteiger partial charge in [-0.15, -0.1) is 0 Å². The smallest absolute Gasteiger partial charge is 0.293 e. The average molecular weight is 249 g/mol. The average Bonchev–Trinajstić information content (AvgIpc) is 2.44. The third-order valence-electron chi connectivity index (χ3n) is 2.27. The van der Waals surface area contributed by atoms with Crippen LogP contribution in [0.3, 0.4) is 0 Å². The Hall–Kier alpha value is -1.27. The molecule has 0 unspecified atom stereocenters. The lowest BCUT2D eigenvalue weighted by Crippen LogP contribution is -1.89. The van der Waals surface area contributed by atoms with Crippen molar-refractivity contribution < 1.29 is 0 Å². The number of aryl methyl sites for hydroxylation is 1. The maximum atomic E-state index is 6.87. The molecule has 14 heavy (non-hydrogen) atoms. The molecule has 0 fully saturated rings. The molecule has 2 nitrogen and oxygen atoms in total. The van der Waals surface area contributed by atoms with E-state index in [2.05, 4.69) is 33.8 Å². The summed E-state index contributed by atoms with van der Waals surface area (Å²) in [5.74, 6) is 0. The van der Waals surface area contributed by atoms with Gasteiger partial charge in [-0.25, -0.2) is 6.57 Å². The zero-order valence-electron chi connectivity index (χ0n) is 7.79. The van der Waals surface area contributed by atoms with E-state index in [1.54, 1.807) is 0 Å². The van der Waals surface area contributed by atoms with Crippen LogP contribution in [0.25, 0.3) is 15.7 Å². The molecule has 0 saturated heterocycles. The molecule has 2 aromatic rings. The normalized spacial score (nSPS) is 10.4. The van der Waals surface area contributed by atoms with Gasteiger partial charge in [0.15, 0.2) is 0 Å². The predicted molar refractivity (Wildman–Crippen MR) is 61.0 cm³/mol. The second-order valence-electron chi connectivity index (χ2n) is 3.24. The van der Waals surface area contributed by atoms with Crippen molar-refractivity contribution in [1.29, 1.82) is 0 Å². The van der Waals surface area contributed by atoms with Crippen molar-refractivity contribution in [1.82, 2.24) is 4.57 Å². The Morgan fingerprint density at radius 2 is 2.29 bits per heavy atom. The molecule has 0 spiro atoms. The van der Waals surface area contributed by atoms with E-state index in [1.165, 1.54) is 10.9 Å². The van der Waals surface area contributed by atoms with Gasteiger partial charge in [0.25, 0.3) is 6.67 Å². The highest BCUT2D eigenvalue weighted by atomic mass is 79.9. The van der Waals surface area contributed by atoms with Crippen LogP contribution in [-0.4, -0.2) is 4.57 Å². The standard InChI is InChI=1S/C11H9BrN2/c1-8-6-14(7-13-2)11-5-9(12)3-4-10(8)11/h3-6H,7H2,1H3. The SMILES string of the molecule is [C-]#[N+]Cn1cc(C)c2ccc(Br)cc21. The van der Waals surface area contributed by atoms with Gasteiger partial charge in [-0.2, -0.15) is 0 Å². The molecule has 0 atom stereocenters. The second-order valence-corrected chi connectivity index (χ2v) is 4.16. The molecule has 1 aromatic carbocycles. The van der Waals surface area contributed by atoms with Gasteiger partial charge in [0.2, 0.25) is 0 Å². The van der Waals surface area contributed by atoms with E-state index >= 15 is 0 Å². The summed E-state index contributed by atoms with van der Waals surface area (Å²) in [5, 5.41) is 1.22. The third kappa shape index (κ3) is 1.42. The molecule has 70 valence electrons. The first kappa shape index (κ1) is 9.29. The van der Waals surface area contributed by atoms with Crippen molar-refractivity contribution in [2.45, 2.75) is 13.6 Å². The number of aromatic nitrogens is 1. The molecule has 0 radical (unpaired) electrons. The second kappa shape index (κ2) is 3.47. The van der Waals surface area contributed by atoms with E-state index in [4.69, 9.17) is 6.57 Å². The maximum absolute atomic E-state index is 6.87. The predicted octanol–water partition coefficient (Wildman–Crippen LogP) is 3.59. The van der Waals surface area contributed by atoms with E-state index < -0.39 is 0 Å². The summed E-state index contributed by atoms with van der Waals surface area (Å²) in [6.45, 7) is 9.33. The fraction of sp³-hybridized carbons (Fsp3) is 0.182. The van der Waals surface area contributed by atoms with Gasteiger partial charge >= 0.3 is 0 Å². The molecule has 0 N–H and O–H groups in total. The van der Waals surface area contributed by atoms with Gasteiger partial charge in [0.1, 0.15) is 0 Å². The molecule has 0 saturated carbocycles. The highest BCUT2D eigenvalue weighted by molar-refractivity contribution is 9.10. The van der Waals surface area contributed by atoms with E-state index in [0.717, 1.165) is 9.99 Å². The molecule has 3 heteroatoms. The van der Waals surface area contributed by atoms with Gasteiger partial charge in [0.05, 0.1) is 5.52 Å². The Morgan fingerprint density at radius 1 is 1.50 bits per heavy atom. The summed E-state index contributed by atoms with van der Waals surface area (Å²) >= 11 is 3.44. The molecule has 0 aliphatic rings. The van der Waals surface area contributed by atoms with E-state index in [9.17, 15) is 0 Å². The van der Waals surface area contributed by atoms with Gasteiger partial charge in [-0.05, 0) is 24.6 Å². The highest BCUT2D eigenvalue weighted by Crippen LogP contribution is 2.24. The van der Waals surface area contributed by atoms with E-state index in [-0.39, 0.29) is 0 Å². The van der Waals surface area contributed by atoms with Crippen molar-refractivity contribution in [3.8, 4) is 0 Å². The van der Waals surface area contributed by atoms with E-state index in [0.29, 0.717) is 6.67 Å². The molecular weight excluding hydrogens is 240 g/mol. The van der Waals surface area contributed by atoms with Gasteiger partial charge in [-0.1, -0.05) is 22.0 Å². The Balaban J connectivity index is 2.74. The van der Waals surface area contributed by atoms with Crippen LogP contribution in [0.2, 0.25) is 0 Å². The molecule has 2 rings (SSSR count). The van der Waals surface area contributed by atoms with Gasteiger partial charge < -0.3 is 0 Å². The van der Waals surface area contributed by atoms with Crippen LogP contribution in [0, 0.1) is 13.5 Å². The topological polar surface area (TPSA) is 9.29 Å². The molecular formula is C11H9BrN2. The maximum Gasteiger partial charge on any atom is 0.293 e. The lowest BCUT2D eigenvalue weighted by molar-refractivity contribution is 0.856. The number of hydrogen-bond donors (Lipinski definition) is 0. The molecule has 1 aromatic heterocycles. The summed E-state index contributed by atoms with van der Waals surface area (Å²) in [6, 6.07) is 6.15. The molecule has 0 amide bonds. The van der Waals surface area contributed by atoms with Crippen LogP contribution in [-0.2, 0) is 6.67 Å². The third-order valence-corrected chi connectivity index (χ3v) is 2.76. The Morgan fingerprint density at radius 3 is 3.00 bits per heavy atom. The first-order chi connectivity index (χ1) is 6.72. The van der Waals surface area contributed by atoms with Crippen LogP contribution in [0.4, 0.5) is 0 Å². The lowest BCUT2D eigenvalue weighted by Gasteiger charge is -1.96. The van der Waals surface area contributed by atoms with Gasteiger partial charge in [0, 0.05) is 16.1 Å². The largest absolute Gasteiger partial charge is 0.293 e. The van der Waals surface area contributed by atoms with Crippen LogP contribution >= 0.6 is 15.9 Å². The summed E-state index contributed by atoms with van der Waals surface area (Å²) in [6.07, 6.45) is 2.02. The highest BCUT2D eigenvalue weighted by Gasteiger charge is 2.06. The number of rotatable bonds is 1. The number of halogens is 1. The summed E-state index contributed by atoms with van der Waals surface area (Å²) < 4.78 is 3.02. The number of hydrogen-bond acceptors (Lipinski definition) is 0. The first-order valence-corrected chi connectivity index (χ1v) is 5.10. The van der Waals surface area contributed by atoms with Crippen molar-refractivity contribution >= 4 is 26.8 Å². The summed E-state index contributed by atoms with van der Waals surface area (Å²) in [7, 11) is 0. The Labute approximate surface area is 91.1 Å². The Bertz CT molecular complexity index is 520. The fourth-order valence-corrected chi connectivity index (χ4v) is 1.99. The van der Waals surface area contributed by atoms with Crippen molar-refractivity contribution in [3.05, 3.63) is 45.8 Å². The van der Waals surface area contributed by atoms with Crippen LogP contribution in [0.1, 0.15) is 5.56 Å². The number of fused-ring (bicyclic) bond motifs is 1. The Kier molecular flexibility index (Phi) is 2.30. The monoisotopic (exact) mass is 248 g/mol. The van der Waals surface area contributed by atoms with Gasteiger partial charge in [-0.3, -0.25) is 9.41 Å². The molecule has 1 heterocycles. The zero-order chi connectivity index (χ0) is 10.1. The minimum atomic E-state index is 0.390. The summed E-state index contributed by atoms with van der Waals surface area (Å²) in [5.41, 5.74) is 2.34. The number of benzene rings is 1. The quantitative estimate of drug-likeness (QED) is 0.683. The van der Waals surface area contributed by atoms with Crippen LogP contribution < -0.4 is 0 Å². The van der Waals surface area contributed by atoms with Crippen molar-refractivity contribution in [3.63, 3.8) is 0 Å². The fourth-order valence-electron chi connectivity index (χ4n) is 1.64. The number of nitrogens with zero attached hydrogens (tertiary/aromatic N) is 2. The minimum absolute atomic E-state index is 0.390. The molecule has 0 aliphatic heterocycles. The van der Waals surface area contributed by atoms with Crippen molar-refractivity contribution in [2.24, 2.45) is 0 Å².